The van der Waals surface area contributed by atoms with Crippen molar-refractivity contribution in [3.05, 3.63) is 77.0 Å². The lowest BCUT2D eigenvalue weighted by Gasteiger charge is -2.38. The summed E-state index contributed by atoms with van der Waals surface area (Å²) in [5.74, 6) is -0.392. The highest BCUT2D eigenvalue weighted by Gasteiger charge is 2.52. The van der Waals surface area contributed by atoms with Crippen LogP contribution in [0.4, 0.5) is 13.2 Å². The molecule has 0 unspecified atom stereocenters. The highest BCUT2D eigenvalue weighted by atomic mass is 19.4. The number of nitrogens with zero attached hydrogens (tertiary/aromatic N) is 1. The highest BCUT2D eigenvalue weighted by molar-refractivity contribution is 5.91. The van der Waals surface area contributed by atoms with Gasteiger partial charge >= 0.3 is 6.36 Å². The molecular weight excluding hydrogens is 467 g/mol. The van der Waals surface area contributed by atoms with Gasteiger partial charge in [0.2, 0.25) is 5.91 Å². The van der Waals surface area contributed by atoms with E-state index in [0.717, 1.165) is 37.2 Å². The molecule has 1 atom stereocenters. The molecule has 1 saturated heterocycles. The Bertz CT molecular complexity index is 1070. The number of nitrogens with two attached hydrogens (primary N) is 1. The topological polar surface area (TPSA) is 67.6 Å². The Hall–Kier alpha value is -3.00. The van der Waals surface area contributed by atoms with Gasteiger partial charge < -0.3 is 20.7 Å². The average molecular weight is 502 g/mol. The summed E-state index contributed by atoms with van der Waals surface area (Å²) in [6.45, 7) is 5.71. The third kappa shape index (κ3) is 6.22. The maximum absolute atomic E-state index is 13.7. The van der Waals surface area contributed by atoms with Crippen LogP contribution >= 0.6 is 0 Å². The van der Waals surface area contributed by atoms with Crippen LogP contribution in [0.3, 0.4) is 0 Å². The summed E-state index contributed by atoms with van der Waals surface area (Å²) in [7, 11) is 0. The molecule has 0 radical (unpaired) electrons. The van der Waals surface area contributed by atoms with E-state index < -0.39 is 11.8 Å². The van der Waals surface area contributed by atoms with Crippen molar-refractivity contribution in [2.75, 3.05) is 13.1 Å². The Balaban J connectivity index is 1.54. The number of hydrogen-bond acceptors (Lipinski definition) is 4. The molecule has 1 saturated carbocycles. The number of nitrogens with one attached hydrogen (secondary N) is 1. The number of allylic oxidation sites excluding steroid dienone is 1. The summed E-state index contributed by atoms with van der Waals surface area (Å²) < 4.78 is 41.6. The van der Waals surface area contributed by atoms with E-state index in [0.29, 0.717) is 24.8 Å². The van der Waals surface area contributed by atoms with Crippen LogP contribution in [0.15, 0.2) is 60.3 Å². The minimum absolute atomic E-state index is 0.0998. The van der Waals surface area contributed by atoms with Crippen LogP contribution < -0.4 is 15.8 Å². The van der Waals surface area contributed by atoms with Gasteiger partial charge in [0.25, 0.3) is 0 Å². The number of likely N-dealkylation sites (tertiary alicyclic amines) is 1. The van der Waals surface area contributed by atoms with Gasteiger partial charge in [-0.25, -0.2) is 0 Å². The molecule has 1 amide bonds. The Kier molecular flexibility index (Phi) is 7.64. The van der Waals surface area contributed by atoms with Crippen molar-refractivity contribution in [3.63, 3.8) is 0 Å². The van der Waals surface area contributed by atoms with Crippen LogP contribution in [-0.2, 0) is 16.6 Å². The predicted molar refractivity (Wildman–Crippen MR) is 133 cm³/mol. The lowest BCUT2D eigenvalue weighted by Crippen LogP contribution is -2.49. The predicted octanol–water partition coefficient (Wildman–Crippen LogP) is 4.98. The molecule has 0 spiro atoms. The molecule has 4 rings (SSSR count). The first-order valence-electron chi connectivity index (χ1n) is 12.5. The summed E-state index contributed by atoms with van der Waals surface area (Å²) in [6, 6.07) is 13.9. The maximum atomic E-state index is 13.7. The number of amides is 1. The summed E-state index contributed by atoms with van der Waals surface area (Å²) in [5.41, 5.74) is 9.46. The van der Waals surface area contributed by atoms with Gasteiger partial charge in [0.1, 0.15) is 5.75 Å². The largest absolute Gasteiger partial charge is 0.573 e. The van der Waals surface area contributed by atoms with Crippen molar-refractivity contribution < 1.29 is 22.7 Å². The van der Waals surface area contributed by atoms with Crippen molar-refractivity contribution in [3.8, 4) is 5.75 Å². The van der Waals surface area contributed by atoms with Gasteiger partial charge in [0.15, 0.2) is 0 Å². The summed E-state index contributed by atoms with van der Waals surface area (Å²) in [6.07, 6.45) is 1.07. The zero-order valence-corrected chi connectivity index (χ0v) is 20.8. The number of piperidine rings is 1. The van der Waals surface area contributed by atoms with Gasteiger partial charge in [-0.2, -0.15) is 0 Å². The molecule has 5 nitrogen and oxygen atoms in total. The molecule has 1 aliphatic carbocycles. The first-order valence-corrected chi connectivity index (χ1v) is 12.5. The van der Waals surface area contributed by atoms with Gasteiger partial charge in [0.05, 0.1) is 11.5 Å². The molecule has 2 aromatic rings. The highest BCUT2D eigenvalue weighted by Crippen LogP contribution is 2.49. The third-order valence-electron chi connectivity index (χ3n) is 7.25. The molecule has 1 aliphatic heterocycles. The molecule has 8 heteroatoms. The van der Waals surface area contributed by atoms with Crippen molar-refractivity contribution in [1.82, 2.24) is 10.2 Å². The van der Waals surface area contributed by atoms with Gasteiger partial charge in [-0.05, 0) is 69.2 Å². The van der Waals surface area contributed by atoms with E-state index in [1.165, 1.54) is 17.7 Å². The molecule has 0 aromatic heterocycles. The number of benzene rings is 2. The van der Waals surface area contributed by atoms with E-state index >= 15 is 0 Å². The standard InChI is InChI=1S/C28H34F3N3O2/c1-3-25(34-16-12-22(32)13-17-34)24(18-20-6-4-19(2)5-7-20)33-26(35)27(14-15-27)21-8-10-23(11-9-21)36-28(29,30)31/h3-11,22,24H,12-18,32H2,1-2H3,(H,33,35)/b25-3+/t24-/m0/s1. The molecule has 194 valence electrons. The molecule has 36 heavy (non-hydrogen) atoms. The average Bonchev–Trinajstić information content (AvgIpc) is 3.64. The smallest absolute Gasteiger partial charge is 0.406 e. The number of hydrogen-bond donors (Lipinski definition) is 2. The van der Waals surface area contributed by atoms with E-state index in [2.05, 4.69) is 45.3 Å². The zero-order chi connectivity index (χ0) is 25.9. The van der Waals surface area contributed by atoms with Crippen LogP contribution in [0.1, 0.15) is 49.3 Å². The first-order chi connectivity index (χ1) is 17.1. The Labute approximate surface area is 210 Å². The van der Waals surface area contributed by atoms with Crippen LogP contribution in [0.5, 0.6) is 5.75 Å². The number of ether oxygens (including phenoxy) is 1. The monoisotopic (exact) mass is 501 g/mol. The van der Waals surface area contributed by atoms with Crippen LogP contribution in [-0.4, -0.2) is 42.3 Å². The molecule has 3 N–H and O–H groups in total. The molecule has 2 aromatic carbocycles. The van der Waals surface area contributed by atoms with Crippen LogP contribution in [0, 0.1) is 6.92 Å². The van der Waals surface area contributed by atoms with Crippen molar-refractivity contribution in [2.24, 2.45) is 5.73 Å². The SMILES string of the molecule is C/C=C(\[C@H](Cc1ccc(C)cc1)NC(=O)C1(c2ccc(OC(F)(F)F)cc2)CC1)N1CCC(N)CC1. The summed E-state index contributed by atoms with van der Waals surface area (Å²) >= 11 is 0. The minimum Gasteiger partial charge on any atom is -0.406 e. The van der Waals surface area contributed by atoms with Crippen molar-refractivity contribution >= 4 is 5.91 Å². The first kappa shape index (κ1) is 26.1. The molecule has 2 aliphatic rings. The van der Waals surface area contributed by atoms with E-state index in [9.17, 15) is 18.0 Å². The third-order valence-corrected chi connectivity index (χ3v) is 7.25. The lowest BCUT2D eigenvalue weighted by molar-refractivity contribution is -0.274. The Morgan fingerprint density at radius 1 is 1.14 bits per heavy atom. The number of aryl methyl sites for hydroxylation is 1. The van der Waals surface area contributed by atoms with Crippen LogP contribution in [0.2, 0.25) is 0 Å². The van der Waals surface area contributed by atoms with Crippen molar-refractivity contribution in [2.45, 2.75) is 69.8 Å². The second-order valence-electron chi connectivity index (χ2n) is 9.91. The summed E-state index contributed by atoms with van der Waals surface area (Å²) in [5, 5.41) is 3.30. The van der Waals surface area contributed by atoms with Gasteiger partial charge in [0, 0.05) is 24.8 Å². The van der Waals surface area contributed by atoms with E-state index in [1.807, 2.05) is 13.8 Å². The Morgan fingerprint density at radius 2 is 1.75 bits per heavy atom. The number of rotatable bonds is 8. The number of alkyl halides is 3. The van der Waals surface area contributed by atoms with Crippen LogP contribution in [0.25, 0.3) is 0 Å². The molecule has 2 fully saturated rings. The van der Waals surface area contributed by atoms with Crippen molar-refractivity contribution in [1.29, 1.82) is 0 Å². The number of carbonyl (C=O) groups excluding carboxylic acids is 1. The zero-order valence-electron chi connectivity index (χ0n) is 20.8. The lowest BCUT2D eigenvalue weighted by atomic mass is 9.93. The fourth-order valence-corrected chi connectivity index (χ4v) is 5.00. The fraction of sp³-hybridized carbons (Fsp3) is 0.464. The second-order valence-corrected chi connectivity index (χ2v) is 9.91. The minimum atomic E-state index is -4.75. The van der Waals surface area contributed by atoms with E-state index in [1.54, 1.807) is 12.1 Å². The fourth-order valence-electron chi connectivity index (χ4n) is 5.00. The normalized spacial score (nSPS) is 19.1. The number of halogens is 3. The summed E-state index contributed by atoms with van der Waals surface area (Å²) in [4.78, 5) is 16.0. The van der Waals surface area contributed by atoms with E-state index in [-0.39, 0.29) is 23.7 Å². The maximum Gasteiger partial charge on any atom is 0.573 e. The quantitative estimate of drug-likeness (QED) is 0.536. The van der Waals surface area contributed by atoms with Gasteiger partial charge in [-0.3, -0.25) is 4.79 Å². The van der Waals surface area contributed by atoms with E-state index in [4.69, 9.17) is 5.73 Å². The van der Waals surface area contributed by atoms with Gasteiger partial charge in [-0.15, -0.1) is 13.2 Å². The number of carbonyl (C=O) groups is 1. The molecule has 1 heterocycles. The second kappa shape index (κ2) is 10.5. The molecule has 0 bridgehead atoms. The Morgan fingerprint density at radius 3 is 2.28 bits per heavy atom. The molecular formula is C28H34F3N3O2. The van der Waals surface area contributed by atoms with Gasteiger partial charge in [-0.1, -0.05) is 48.0 Å².